The Bertz CT molecular complexity index is 413. The van der Waals surface area contributed by atoms with E-state index in [0.717, 1.165) is 34.4 Å². The lowest BCUT2D eigenvalue weighted by molar-refractivity contribution is 0.296. The Labute approximate surface area is 110 Å². The van der Waals surface area contributed by atoms with Gasteiger partial charge in [-0.05, 0) is 47.8 Å². The monoisotopic (exact) mass is 299 g/mol. The van der Waals surface area contributed by atoms with Crippen molar-refractivity contribution in [1.82, 2.24) is 0 Å². The lowest BCUT2D eigenvalue weighted by Gasteiger charge is -2.20. The van der Waals surface area contributed by atoms with Gasteiger partial charge in [0.1, 0.15) is 0 Å². The molecule has 1 aliphatic heterocycles. The Kier molecular flexibility index (Phi) is 3.64. The average Bonchev–Trinajstić information content (AvgIpc) is 2.46. The predicted molar refractivity (Wildman–Crippen MR) is 71.7 cm³/mol. The first-order valence-electron chi connectivity index (χ1n) is 5.83. The molecule has 0 bridgehead atoms. The van der Waals surface area contributed by atoms with Crippen molar-refractivity contribution in [2.75, 3.05) is 13.2 Å². The van der Waals surface area contributed by atoms with E-state index >= 15 is 0 Å². The Balaban J connectivity index is 2.34. The summed E-state index contributed by atoms with van der Waals surface area (Å²) in [5.41, 5.74) is 6.97. The molecular formula is C13H18BrNO2. The molecule has 0 saturated carbocycles. The minimum Gasteiger partial charge on any atom is -0.490 e. The van der Waals surface area contributed by atoms with Crippen molar-refractivity contribution in [3.05, 3.63) is 22.2 Å². The molecule has 1 aliphatic rings. The number of hydrogen-bond acceptors (Lipinski definition) is 3. The van der Waals surface area contributed by atoms with Gasteiger partial charge in [-0.3, -0.25) is 0 Å². The van der Waals surface area contributed by atoms with Crippen molar-refractivity contribution >= 4 is 15.9 Å². The first-order chi connectivity index (χ1) is 7.97. The first-order valence-corrected chi connectivity index (χ1v) is 6.62. The minimum absolute atomic E-state index is 0.234. The molecule has 0 fully saturated rings. The van der Waals surface area contributed by atoms with E-state index < -0.39 is 0 Å². The van der Waals surface area contributed by atoms with Gasteiger partial charge >= 0.3 is 0 Å². The second-order valence-corrected chi connectivity index (χ2v) is 5.87. The van der Waals surface area contributed by atoms with Crippen LogP contribution in [-0.2, 0) is 6.42 Å². The van der Waals surface area contributed by atoms with Crippen LogP contribution in [0, 0.1) is 0 Å². The van der Waals surface area contributed by atoms with Gasteiger partial charge in [0.25, 0.3) is 0 Å². The number of fused-ring (bicyclic) bond motifs is 1. The lowest BCUT2D eigenvalue weighted by Crippen LogP contribution is -2.34. The number of benzene rings is 1. The SMILES string of the molecule is CC(C)(N)Cc1ccc2c(c1Br)OCCCO2. The van der Waals surface area contributed by atoms with Crippen LogP contribution in [-0.4, -0.2) is 18.8 Å². The zero-order valence-electron chi connectivity index (χ0n) is 10.3. The summed E-state index contributed by atoms with van der Waals surface area (Å²) in [6, 6.07) is 4.01. The van der Waals surface area contributed by atoms with E-state index in [1.54, 1.807) is 0 Å². The molecule has 1 heterocycles. The first kappa shape index (κ1) is 12.7. The van der Waals surface area contributed by atoms with Crippen LogP contribution in [0.2, 0.25) is 0 Å². The van der Waals surface area contributed by atoms with Gasteiger partial charge in [-0.15, -0.1) is 0 Å². The van der Waals surface area contributed by atoms with E-state index in [9.17, 15) is 0 Å². The summed E-state index contributed by atoms with van der Waals surface area (Å²) in [5, 5.41) is 0. The highest BCUT2D eigenvalue weighted by Gasteiger charge is 2.20. The summed E-state index contributed by atoms with van der Waals surface area (Å²) < 4.78 is 12.3. The molecule has 4 heteroatoms. The zero-order valence-corrected chi connectivity index (χ0v) is 11.8. The van der Waals surface area contributed by atoms with Crippen LogP contribution < -0.4 is 15.2 Å². The number of ether oxygens (including phenoxy) is 2. The summed E-state index contributed by atoms with van der Waals surface area (Å²) in [6.07, 6.45) is 1.71. The fraction of sp³-hybridized carbons (Fsp3) is 0.538. The largest absolute Gasteiger partial charge is 0.490 e. The van der Waals surface area contributed by atoms with Crippen LogP contribution in [0.5, 0.6) is 11.5 Å². The Hall–Kier alpha value is -0.740. The second kappa shape index (κ2) is 4.86. The molecule has 94 valence electrons. The fourth-order valence-corrected chi connectivity index (χ4v) is 2.45. The molecular weight excluding hydrogens is 282 g/mol. The number of nitrogens with two attached hydrogens (primary N) is 1. The molecule has 1 aromatic rings. The molecule has 0 aromatic heterocycles. The Morgan fingerprint density at radius 1 is 1.29 bits per heavy atom. The maximum Gasteiger partial charge on any atom is 0.175 e. The summed E-state index contributed by atoms with van der Waals surface area (Å²) >= 11 is 3.59. The molecule has 2 rings (SSSR count). The van der Waals surface area contributed by atoms with Crippen molar-refractivity contribution in [3.63, 3.8) is 0 Å². The Morgan fingerprint density at radius 2 is 2.00 bits per heavy atom. The molecule has 3 nitrogen and oxygen atoms in total. The number of rotatable bonds is 2. The predicted octanol–water partition coefficient (Wildman–Crippen LogP) is 2.89. The molecule has 2 N–H and O–H groups in total. The van der Waals surface area contributed by atoms with Crippen LogP contribution >= 0.6 is 15.9 Å². The van der Waals surface area contributed by atoms with E-state index in [1.807, 2.05) is 26.0 Å². The van der Waals surface area contributed by atoms with E-state index in [0.29, 0.717) is 13.2 Å². The van der Waals surface area contributed by atoms with Crippen LogP contribution in [0.4, 0.5) is 0 Å². The quantitative estimate of drug-likeness (QED) is 0.913. The van der Waals surface area contributed by atoms with E-state index in [1.165, 1.54) is 0 Å². The van der Waals surface area contributed by atoms with E-state index in [-0.39, 0.29) is 5.54 Å². The fourth-order valence-electron chi connectivity index (χ4n) is 1.87. The van der Waals surface area contributed by atoms with Crippen molar-refractivity contribution in [1.29, 1.82) is 0 Å². The molecule has 0 saturated heterocycles. The second-order valence-electron chi connectivity index (χ2n) is 5.08. The smallest absolute Gasteiger partial charge is 0.175 e. The number of halogens is 1. The van der Waals surface area contributed by atoms with Crippen LogP contribution in [0.15, 0.2) is 16.6 Å². The van der Waals surface area contributed by atoms with Crippen LogP contribution in [0.3, 0.4) is 0 Å². The van der Waals surface area contributed by atoms with Gasteiger partial charge in [-0.2, -0.15) is 0 Å². The molecule has 0 amide bonds. The van der Waals surface area contributed by atoms with Crippen molar-refractivity contribution in [2.24, 2.45) is 5.73 Å². The highest BCUT2D eigenvalue weighted by molar-refractivity contribution is 9.10. The highest BCUT2D eigenvalue weighted by Crippen LogP contribution is 2.40. The third-order valence-electron chi connectivity index (χ3n) is 2.58. The Morgan fingerprint density at radius 3 is 2.71 bits per heavy atom. The normalized spacial score (nSPS) is 15.5. The average molecular weight is 300 g/mol. The molecule has 0 atom stereocenters. The minimum atomic E-state index is -0.234. The summed E-state index contributed by atoms with van der Waals surface area (Å²) in [7, 11) is 0. The van der Waals surface area contributed by atoms with Crippen molar-refractivity contribution in [3.8, 4) is 11.5 Å². The van der Waals surface area contributed by atoms with E-state index in [2.05, 4.69) is 15.9 Å². The number of hydrogen-bond donors (Lipinski definition) is 1. The van der Waals surface area contributed by atoms with Crippen LogP contribution in [0.1, 0.15) is 25.8 Å². The van der Waals surface area contributed by atoms with Gasteiger partial charge in [-0.25, -0.2) is 0 Å². The molecule has 0 unspecified atom stereocenters. The lowest BCUT2D eigenvalue weighted by atomic mass is 9.96. The molecule has 0 radical (unpaired) electrons. The summed E-state index contributed by atoms with van der Waals surface area (Å²) in [5.74, 6) is 1.62. The molecule has 0 aliphatic carbocycles. The van der Waals surface area contributed by atoms with Crippen molar-refractivity contribution in [2.45, 2.75) is 32.2 Å². The van der Waals surface area contributed by atoms with Gasteiger partial charge in [0, 0.05) is 12.0 Å². The molecule has 17 heavy (non-hydrogen) atoms. The maximum atomic E-state index is 6.05. The zero-order chi connectivity index (χ0) is 12.5. The van der Waals surface area contributed by atoms with Gasteiger partial charge in [0.2, 0.25) is 0 Å². The van der Waals surface area contributed by atoms with E-state index in [4.69, 9.17) is 15.2 Å². The topological polar surface area (TPSA) is 44.5 Å². The van der Waals surface area contributed by atoms with Crippen molar-refractivity contribution < 1.29 is 9.47 Å². The van der Waals surface area contributed by atoms with Gasteiger partial charge < -0.3 is 15.2 Å². The van der Waals surface area contributed by atoms with Gasteiger partial charge in [0.05, 0.1) is 17.7 Å². The van der Waals surface area contributed by atoms with Crippen LogP contribution in [0.25, 0.3) is 0 Å². The third-order valence-corrected chi connectivity index (χ3v) is 3.45. The van der Waals surface area contributed by atoms with Gasteiger partial charge in [0.15, 0.2) is 11.5 Å². The standard InChI is InChI=1S/C13H18BrNO2/c1-13(2,15)8-9-4-5-10-12(11(9)14)17-7-3-6-16-10/h4-5H,3,6-8,15H2,1-2H3. The molecule has 1 aromatic carbocycles. The third kappa shape index (κ3) is 3.13. The molecule has 0 spiro atoms. The maximum absolute atomic E-state index is 6.05. The summed E-state index contributed by atoms with van der Waals surface area (Å²) in [6.45, 7) is 5.44. The highest BCUT2D eigenvalue weighted by atomic mass is 79.9. The van der Waals surface area contributed by atoms with Gasteiger partial charge in [-0.1, -0.05) is 6.07 Å². The summed E-state index contributed by atoms with van der Waals surface area (Å²) in [4.78, 5) is 0.